The number of hydrogen-bond donors (Lipinski definition) is 0. The third kappa shape index (κ3) is 6.78. The maximum Gasteiger partial charge on any atom is 0.313 e. The molecule has 2 aliphatic rings. The summed E-state index contributed by atoms with van der Waals surface area (Å²) < 4.78 is 5.85. The van der Waals surface area contributed by atoms with Crippen molar-refractivity contribution in [3.63, 3.8) is 0 Å². The zero-order valence-electron chi connectivity index (χ0n) is 22.6. The highest BCUT2D eigenvalue weighted by Crippen LogP contribution is 2.43. The van der Waals surface area contributed by atoms with Crippen LogP contribution < -0.4 is 0 Å². The maximum atomic E-state index is 13.2. The minimum absolute atomic E-state index is 0.0557. The van der Waals surface area contributed by atoms with E-state index in [0.717, 1.165) is 0 Å². The fourth-order valence-corrected chi connectivity index (χ4v) is 6.21. The van der Waals surface area contributed by atoms with Crippen LogP contribution in [0.5, 0.6) is 0 Å². The van der Waals surface area contributed by atoms with Gasteiger partial charge < -0.3 is 4.74 Å². The second kappa shape index (κ2) is 10.6. The SMILES string of the molecule is C=CCON1C(C)(C)CC(OC(=O)CC(=O)C2CC(C)(C)N(OCC=C)C(C)(C)C2)CC1(C)C. The maximum absolute atomic E-state index is 13.2. The molecular formula is C27H46N2O5. The van der Waals surface area contributed by atoms with E-state index in [1.807, 2.05) is 10.1 Å². The third-order valence-corrected chi connectivity index (χ3v) is 6.86. The molecule has 0 saturated carbocycles. The average Bonchev–Trinajstić information content (AvgIpc) is 2.64. The van der Waals surface area contributed by atoms with Crippen molar-refractivity contribution in [2.24, 2.45) is 5.92 Å². The second-order valence-corrected chi connectivity index (χ2v) is 12.3. The Morgan fingerprint density at radius 1 is 0.765 bits per heavy atom. The Kier molecular flexibility index (Phi) is 8.95. The van der Waals surface area contributed by atoms with Crippen molar-refractivity contribution < 1.29 is 24.0 Å². The lowest BCUT2D eigenvalue weighted by Crippen LogP contribution is -2.62. The molecule has 0 unspecified atom stereocenters. The lowest BCUT2D eigenvalue weighted by Gasteiger charge is -2.53. The van der Waals surface area contributed by atoms with Gasteiger partial charge in [0.05, 0.1) is 13.2 Å². The first-order valence-electron chi connectivity index (χ1n) is 12.4. The molecule has 0 radical (unpaired) electrons. The first-order valence-corrected chi connectivity index (χ1v) is 12.4. The Morgan fingerprint density at radius 2 is 1.15 bits per heavy atom. The number of piperidine rings is 2. The molecule has 0 aromatic carbocycles. The van der Waals surface area contributed by atoms with Crippen molar-refractivity contribution in [1.29, 1.82) is 0 Å². The summed E-state index contributed by atoms with van der Waals surface area (Å²) in [5.41, 5.74) is -1.35. The molecular weight excluding hydrogens is 432 g/mol. The van der Waals surface area contributed by atoms with Gasteiger partial charge in [0.1, 0.15) is 18.3 Å². The van der Waals surface area contributed by atoms with Crippen molar-refractivity contribution in [3.8, 4) is 0 Å². The van der Waals surface area contributed by atoms with Gasteiger partial charge in [0.25, 0.3) is 0 Å². The lowest BCUT2D eigenvalue weighted by atomic mass is 9.73. The summed E-state index contributed by atoms with van der Waals surface area (Å²) in [5.74, 6) is -0.717. The number of carbonyl (C=O) groups is 2. The Bertz CT molecular complexity index is 735. The Balaban J connectivity index is 2.01. The molecule has 0 aromatic heterocycles. The number of hydrogen-bond acceptors (Lipinski definition) is 7. The quantitative estimate of drug-likeness (QED) is 0.248. The van der Waals surface area contributed by atoms with Crippen molar-refractivity contribution >= 4 is 11.8 Å². The van der Waals surface area contributed by atoms with E-state index in [1.54, 1.807) is 12.2 Å². The molecule has 0 aliphatic carbocycles. The molecule has 7 heteroatoms. The minimum atomic E-state index is -0.442. The van der Waals surface area contributed by atoms with Crippen LogP contribution in [0.4, 0.5) is 0 Å². The molecule has 2 aliphatic heterocycles. The van der Waals surface area contributed by atoms with Crippen molar-refractivity contribution in [2.75, 3.05) is 13.2 Å². The molecule has 0 N–H and O–H groups in total. The van der Waals surface area contributed by atoms with Crippen LogP contribution in [0.1, 0.15) is 87.5 Å². The Morgan fingerprint density at radius 3 is 1.53 bits per heavy atom. The van der Waals surface area contributed by atoms with Crippen LogP contribution in [0.2, 0.25) is 0 Å². The summed E-state index contributed by atoms with van der Waals surface area (Å²) in [7, 11) is 0. The average molecular weight is 479 g/mol. The van der Waals surface area contributed by atoms with Crippen molar-refractivity contribution in [3.05, 3.63) is 25.3 Å². The van der Waals surface area contributed by atoms with E-state index in [4.69, 9.17) is 14.4 Å². The van der Waals surface area contributed by atoms with E-state index < -0.39 is 5.97 Å². The van der Waals surface area contributed by atoms with Crippen molar-refractivity contribution in [2.45, 2.75) is 116 Å². The summed E-state index contributed by atoms with van der Waals surface area (Å²) in [5, 5.41) is 3.97. The second-order valence-electron chi connectivity index (χ2n) is 12.3. The normalized spacial score (nSPS) is 24.9. The van der Waals surface area contributed by atoms with Gasteiger partial charge in [0.15, 0.2) is 0 Å². The number of Topliss-reactive ketones (excluding diaryl/α,β-unsaturated/α-hetero) is 1. The summed E-state index contributed by atoms with van der Waals surface area (Å²) in [4.78, 5) is 37.8. The summed E-state index contributed by atoms with van der Waals surface area (Å²) >= 11 is 0. The smallest absolute Gasteiger partial charge is 0.313 e. The highest BCUT2D eigenvalue weighted by Gasteiger charge is 2.50. The van der Waals surface area contributed by atoms with Gasteiger partial charge in [-0.25, -0.2) is 0 Å². The number of ketones is 1. The van der Waals surface area contributed by atoms with Gasteiger partial charge in [-0.15, -0.1) is 13.2 Å². The zero-order chi connectivity index (χ0) is 25.9. The van der Waals surface area contributed by atoms with Crippen molar-refractivity contribution in [1.82, 2.24) is 10.1 Å². The van der Waals surface area contributed by atoms with Crippen LogP contribution in [-0.4, -0.2) is 63.4 Å². The standard InChI is InChI=1S/C27H46N2O5/c1-11-13-32-28-24(3,4)16-20(17-25(28,5)6)22(30)15-23(31)34-21-18-26(7,8)29(33-14-12-2)27(9,10)19-21/h11-12,20-21H,1-2,13-19H2,3-10H3. The van der Waals surface area contributed by atoms with Gasteiger partial charge in [-0.3, -0.25) is 19.3 Å². The van der Waals surface area contributed by atoms with Gasteiger partial charge in [-0.05, 0) is 68.2 Å². The predicted molar refractivity (Wildman–Crippen MR) is 134 cm³/mol. The fourth-order valence-electron chi connectivity index (χ4n) is 6.21. The van der Waals surface area contributed by atoms with Crippen LogP contribution in [0.25, 0.3) is 0 Å². The molecule has 2 saturated heterocycles. The number of carbonyl (C=O) groups excluding carboxylic acids is 2. The molecule has 0 atom stereocenters. The molecule has 0 aromatic rings. The molecule has 2 rings (SSSR count). The van der Waals surface area contributed by atoms with Gasteiger partial charge in [-0.1, -0.05) is 12.2 Å². The minimum Gasteiger partial charge on any atom is -0.462 e. The summed E-state index contributed by atoms with van der Waals surface area (Å²) in [6.45, 7) is 24.9. The van der Waals surface area contributed by atoms with Crippen LogP contribution in [0, 0.1) is 5.92 Å². The molecule has 194 valence electrons. The molecule has 0 spiro atoms. The molecule has 34 heavy (non-hydrogen) atoms. The number of hydroxylamine groups is 4. The van der Waals surface area contributed by atoms with Gasteiger partial charge in [-0.2, -0.15) is 10.1 Å². The van der Waals surface area contributed by atoms with E-state index >= 15 is 0 Å². The molecule has 0 amide bonds. The van der Waals surface area contributed by atoms with E-state index in [1.165, 1.54) is 0 Å². The Hall–Kier alpha value is -1.54. The highest BCUT2D eigenvalue weighted by atomic mass is 16.7. The van der Waals surface area contributed by atoms with Crippen LogP contribution in [0.15, 0.2) is 25.3 Å². The first-order chi connectivity index (χ1) is 15.6. The van der Waals surface area contributed by atoms with E-state index in [2.05, 4.69) is 68.5 Å². The topological polar surface area (TPSA) is 68.3 Å². The molecule has 0 bridgehead atoms. The largest absolute Gasteiger partial charge is 0.462 e. The summed E-state index contributed by atoms with van der Waals surface area (Å²) in [6, 6.07) is 0. The number of nitrogens with zero attached hydrogens (tertiary/aromatic N) is 2. The van der Waals surface area contributed by atoms with E-state index in [0.29, 0.717) is 38.9 Å². The number of esters is 1. The highest BCUT2D eigenvalue weighted by molar-refractivity contribution is 5.97. The molecule has 2 heterocycles. The zero-order valence-corrected chi connectivity index (χ0v) is 22.6. The number of ether oxygens (including phenoxy) is 1. The van der Waals surface area contributed by atoms with E-state index in [-0.39, 0.29) is 46.4 Å². The monoisotopic (exact) mass is 478 g/mol. The Labute approximate surface area is 206 Å². The van der Waals surface area contributed by atoms with Gasteiger partial charge >= 0.3 is 5.97 Å². The fraction of sp³-hybridized carbons (Fsp3) is 0.778. The van der Waals surface area contributed by atoms with Gasteiger partial charge in [0, 0.05) is 40.9 Å². The summed E-state index contributed by atoms with van der Waals surface area (Å²) in [6.07, 6.45) is 5.49. The third-order valence-electron chi connectivity index (χ3n) is 6.86. The van der Waals surface area contributed by atoms with Crippen LogP contribution >= 0.6 is 0 Å². The molecule has 7 nitrogen and oxygen atoms in total. The van der Waals surface area contributed by atoms with Gasteiger partial charge in [0.2, 0.25) is 0 Å². The lowest BCUT2D eigenvalue weighted by molar-refractivity contribution is -0.287. The predicted octanol–water partition coefficient (Wildman–Crippen LogP) is 5.01. The van der Waals surface area contributed by atoms with Crippen LogP contribution in [-0.2, 0) is 24.0 Å². The first kappa shape index (κ1) is 28.7. The van der Waals surface area contributed by atoms with E-state index in [9.17, 15) is 9.59 Å². The molecule has 2 fully saturated rings. The number of rotatable bonds is 10. The van der Waals surface area contributed by atoms with Crippen LogP contribution in [0.3, 0.4) is 0 Å².